The first kappa shape index (κ1) is 17.3. The van der Waals surface area contributed by atoms with E-state index < -0.39 is 0 Å². The highest BCUT2D eigenvalue weighted by atomic mass is 35.5. The third-order valence-corrected chi connectivity index (χ3v) is 3.75. The van der Waals surface area contributed by atoms with Crippen LogP contribution in [0.25, 0.3) is 0 Å². The molecular weight excluding hydrogens is 290 g/mol. The summed E-state index contributed by atoms with van der Waals surface area (Å²) in [7, 11) is 1.75. The lowest BCUT2D eigenvalue weighted by atomic mass is 10.1. The molecule has 0 spiro atoms. The molecule has 1 fully saturated rings. The lowest BCUT2D eigenvalue weighted by Crippen LogP contribution is -2.36. The van der Waals surface area contributed by atoms with E-state index in [1.54, 1.807) is 24.1 Å². The minimum Gasteiger partial charge on any atom is -0.398 e. The summed E-state index contributed by atoms with van der Waals surface area (Å²) in [6, 6.07) is 5.33. The second kappa shape index (κ2) is 7.31. The average molecular weight is 312 g/mol. The van der Waals surface area contributed by atoms with Crippen LogP contribution in [0.3, 0.4) is 0 Å². The molecule has 0 radical (unpaired) electrons. The molecule has 2 rings (SSSR count). The van der Waals surface area contributed by atoms with Gasteiger partial charge in [0.1, 0.15) is 0 Å². The zero-order valence-corrected chi connectivity index (χ0v) is 13.3. The second-order valence-electron chi connectivity index (χ2n) is 5.28. The Kier molecular flexibility index (Phi) is 6.03. The van der Waals surface area contributed by atoms with Gasteiger partial charge in [0.15, 0.2) is 0 Å². The summed E-state index contributed by atoms with van der Waals surface area (Å²) in [4.78, 5) is 27.2. The predicted molar refractivity (Wildman–Crippen MR) is 85.6 cm³/mol. The maximum Gasteiger partial charge on any atom is 0.253 e. The Labute approximate surface area is 131 Å². The summed E-state index contributed by atoms with van der Waals surface area (Å²) >= 11 is 0. The van der Waals surface area contributed by atoms with Crippen LogP contribution in [0, 0.1) is 6.92 Å². The molecule has 0 aromatic heterocycles. The van der Waals surface area contributed by atoms with E-state index in [4.69, 9.17) is 5.73 Å². The van der Waals surface area contributed by atoms with Gasteiger partial charge in [-0.3, -0.25) is 9.59 Å². The SMILES string of the molecule is Cc1ccc(C(=O)N(C)CCN2CCCC2=O)cc1N.Cl. The van der Waals surface area contributed by atoms with Crippen molar-refractivity contribution in [2.24, 2.45) is 0 Å². The van der Waals surface area contributed by atoms with Crippen LogP contribution in [-0.4, -0.2) is 48.3 Å². The van der Waals surface area contributed by atoms with Crippen LogP contribution < -0.4 is 5.73 Å². The molecule has 1 saturated heterocycles. The summed E-state index contributed by atoms with van der Waals surface area (Å²) in [5, 5.41) is 0. The monoisotopic (exact) mass is 311 g/mol. The van der Waals surface area contributed by atoms with Gasteiger partial charge < -0.3 is 15.5 Å². The molecule has 1 aromatic rings. The second-order valence-corrected chi connectivity index (χ2v) is 5.28. The number of aryl methyl sites for hydroxylation is 1. The van der Waals surface area contributed by atoms with Gasteiger partial charge in [-0.25, -0.2) is 0 Å². The maximum absolute atomic E-state index is 12.3. The molecule has 0 unspecified atom stereocenters. The number of nitrogen functional groups attached to an aromatic ring is 1. The summed E-state index contributed by atoms with van der Waals surface area (Å²) < 4.78 is 0. The van der Waals surface area contributed by atoms with Gasteiger partial charge in [-0.1, -0.05) is 6.07 Å². The first-order chi connectivity index (χ1) is 9.49. The Balaban J connectivity index is 0.00000220. The fourth-order valence-electron chi connectivity index (χ4n) is 2.31. The van der Waals surface area contributed by atoms with Gasteiger partial charge in [0.2, 0.25) is 5.91 Å². The number of halogens is 1. The molecule has 6 heteroatoms. The molecule has 2 amide bonds. The van der Waals surface area contributed by atoms with Gasteiger partial charge in [0.25, 0.3) is 5.91 Å². The number of anilines is 1. The third kappa shape index (κ3) is 4.11. The molecule has 1 aliphatic heterocycles. The highest BCUT2D eigenvalue weighted by molar-refractivity contribution is 5.95. The molecule has 1 aliphatic rings. The number of likely N-dealkylation sites (N-methyl/N-ethyl adjacent to an activating group) is 1. The Morgan fingerprint density at radius 1 is 1.43 bits per heavy atom. The number of rotatable bonds is 4. The van der Waals surface area contributed by atoms with Crippen LogP contribution in [0.15, 0.2) is 18.2 Å². The maximum atomic E-state index is 12.3. The first-order valence-corrected chi connectivity index (χ1v) is 6.88. The largest absolute Gasteiger partial charge is 0.398 e. The van der Waals surface area contributed by atoms with Crippen LogP contribution in [-0.2, 0) is 4.79 Å². The summed E-state index contributed by atoms with van der Waals surface area (Å²) in [5.41, 5.74) is 8.00. The lowest BCUT2D eigenvalue weighted by molar-refractivity contribution is -0.127. The van der Waals surface area contributed by atoms with E-state index in [0.717, 1.165) is 18.5 Å². The summed E-state index contributed by atoms with van der Waals surface area (Å²) in [6.45, 7) is 3.85. The molecule has 21 heavy (non-hydrogen) atoms. The molecule has 5 nitrogen and oxygen atoms in total. The Bertz CT molecular complexity index is 534. The van der Waals surface area contributed by atoms with E-state index >= 15 is 0 Å². The van der Waals surface area contributed by atoms with Gasteiger partial charge in [0, 0.05) is 44.4 Å². The van der Waals surface area contributed by atoms with E-state index in [-0.39, 0.29) is 24.2 Å². The highest BCUT2D eigenvalue weighted by Crippen LogP contribution is 2.14. The summed E-state index contributed by atoms with van der Waals surface area (Å²) in [5.74, 6) is 0.119. The number of benzene rings is 1. The molecule has 0 atom stereocenters. The van der Waals surface area contributed by atoms with E-state index in [1.165, 1.54) is 0 Å². The Morgan fingerprint density at radius 3 is 2.71 bits per heavy atom. The number of hydrogen-bond donors (Lipinski definition) is 1. The van der Waals surface area contributed by atoms with Gasteiger partial charge in [0.05, 0.1) is 0 Å². The Morgan fingerprint density at radius 2 is 2.14 bits per heavy atom. The summed E-state index contributed by atoms with van der Waals surface area (Å²) in [6.07, 6.45) is 1.55. The molecule has 0 saturated carbocycles. The smallest absolute Gasteiger partial charge is 0.253 e. The molecule has 1 heterocycles. The topological polar surface area (TPSA) is 66.6 Å². The van der Waals surface area contributed by atoms with Gasteiger partial charge in [-0.15, -0.1) is 12.4 Å². The van der Waals surface area contributed by atoms with Crippen molar-refractivity contribution < 1.29 is 9.59 Å². The van der Waals surface area contributed by atoms with E-state index in [9.17, 15) is 9.59 Å². The van der Waals surface area contributed by atoms with Gasteiger partial charge >= 0.3 is 0 Å². The number of nitrogens with zero attached hydrogens (tertiary/aromatic N) is 2. The number of carbonyl (C=O) groups is 2. The minimum absolute atomic E-state index is 0. The number of likely N-dealkylation sites (tertiary alicyclic amines) is 1. The number of hydrogen-bond acceptors (Lipinski definition) is 3. The predicted octanol–water partition coefficient (Wildman–Crippen LogP) is 1.69. The molecule has 0 bridgehead atoms. The normalized spacial score (nSPS) is 14.0. The van der Waals surface area contributed by atoms with Crippen molar-refractivity contribution in [3.8, 4) is 0 Å². The van der Waals surface area contributed by atoms with Crippen molar-refractivity contribution in [2.45, 2.75) is 19.8 Å². The van der Waals surface area contributed by atoms with Crippen molar-refractivity contribution in [3.05, 3.63) is 29.3 Å². The van der Waals surface area contributed by atoms with Crippen molar-refractivity contribution in [1.82, 2.24) is 9.80 Å². The van der Waals surface area contributed by atoms with Crippen molar-refractivity contribution in [3.63, 3.8) is 0 Å². The van der Waals surface area contributed by atoms with Crippen LogP contribution in [0.5, 0.6) is 0 Å². The first-order valence-electron chi connectivity index (χ1n) is 6.88. The van der Waals surface area contributed by atoms with E-state index in [2.05, 4.69) is 0 Å². The fraction of sp³-hybridized carbons (Fsp3) is 0.467. The van der Waals surface area contributed by atoms with Crippen LogP contribution in [0.4, 0.5) is 5.69 Å². The number of carbonyl (C=O) groups excluding carboxylic acids is 2. The molecule has 2 N–H and O–H groups in total. The van der Waals surface area contributed by atoms with Crippen LogP contribution in [0.1, 0.15) is 28.8 Å². The molecule has 116 valence electrons. The number of nitrogens with two attached hydrogens (primary N) is 1. The lowest BCUT2D eigenvalue weighted by Gasteiger charge is -2.22. The van der Waals surface area contributed by atoms with Crippen molar-refractivity contribution in [2.75, 3.05) is 32.4 Å². The van der Waals surface area contributed by atoms with Crippen molar-refractivity contribution in [1.29, 1.82) is 0 Å². The van der Waals surface area contributed by atoms with Gasteiger partial charge in [-0.2, -0.15) is 0 Å². The fourth-order valence-corrected chi connectivity index (χ4v) is 2.31. The average Bonchev–Trinajstić information content (AvgIpc) is 2.84. The highest BCUT2D eigenvalue weighted by Gasteiger charge is 2.21. The van der Waals surface area contributed by atoms with E-state index in [1.807, 2.05) is 17.9 Å². The van der Waals surface area contributed by atoms with E-state index in [0.29, 0.717) is 30.8 Å². The molecule has 0 aliphatic carbocycles. The molecule has 1 aromatic carbocycles. The van der Waals surface area contributed by atoms with Crippen LogP contribution in [0.2, 0.25) is 0 Å². The van der Waals surface area contributed by atoms with Crippen LogP contribution >= 0.6 is 12.4 Å². The standard InChI is InChI=1S/C15H21N3O2.ClH/c1-11-5-6-12(10-13(11)16)15(20)17(2)8-9-18-7-3-4-14(18)19;/h5-6,10H,3-4,7-9,16H2,1-2H3;1H. The quantitative estimate of drug-likeness (QED) is 0.861. The zero-order valence-electron chi connectivity index (χ0n) is 12.5. The van der Waals surface area contributed by atoms with Gasteiger partial charge in [-0.05, 0) is 31.0 Å². The molecular formula is C15H22ClN3O2. The minimum atomic E-state index is -0.0663. The third-order valence-electron chi connectivity index (χ3n) is 3.75. The van der Waals surface area contributed by atoms with Crippen molar-refractivity contribution >= 4 is 29.9 Å². The Hall–Kier alpha value is -1.75. The number of amides is 2. The zero-order chi connectivity index (χ0) is 14.7.